The Hall–Kier alpha value is -1.92. The Morgan fingerprint density at radius 1 is 1.04 bits per heavy atom. The van der Waals surface area contributed by atoms with Gasteiger partial charge in [-0.3, -0.25) is 0 Å². The summed E-state index contributed by atoms with van der Waals surface area (Å²) in [6, 6.07) is 12.4. The van der Waals surface area contributed by atoms with E-state index in [9.17, 15) is 13.2 Å². The average molecular weight is 383 g/mol. The van der Waals surface area contributed by atoms with Crippen LogP contribution in [-0.4, -0.2) is 16.2 Å². The minimum atomic E-state index is -4.55. The SMILES string of the molecule is CSc1ccc(-c2[nH]c(C(F)(F)F)nc2-c2ccc(C)c(Cl)c2)cc1. The van der Waals surface area contributed by atoms with Gasteiger partial charge >= 0.3 is 6.18 Å². The molecule has 0 aliphatic carbocycles. The number of imidazole rings is 1. The van der Waals surface area contributed by atoms with Crippen molar-refractivity contribution in [2.45, 2.75) is 18.0 Å². The van der Waals surface area contributed by atoms with Crippen LogP contribution in [0.3, 0.4) is 0 Å². The quantitative estimate of drug-likeness (QED) is 0.527. The Labute approximate surface area is 152 Å². The first-order valence-electron chi connectivity index (χ1n) is 7.37. The molecule has 0 aliphatic heterocycles. The summed E-state index contributed by atoms with van der Waals surface area (Å²) in [7, 11) is 0. The average Bonchev–Trinajstić information content (AvgIpc) is 3.03. The number of aryl methyl sites for hydroxylation is 1. The molecule has 1 heterocycles. The molecule has 0 spiro atoms. The van der Waals surface area contributed by atoms with E-state index in [0.717, 1.165) is 10.5 Å². The minimum absolute atomic E-state index is 0.228. The molecule has 1 N–H and O–H groups in total. The maximum atomic E-state index is 13.2. The van der Waals surface area contributed by atoms with E-state index < -0.39 is 12.0 Å². The zero-order valence-electron chi connectivity index (χ0n) is 13.4. The molecule has 25 heavy (non-hydrogen) atoms. The number of alkyl halides is 3. The van der Waals surface area contributed by atoms with Gasteiger partial charge in [0, 0.05) is 21.0 Å². The molecule has 0 saturated carbocycles. The van der Waals surface area contributed by atoms with Crippen LogP contribution in [0.15, 0.2) is 47.4 Å². The van der Waals surface area contributed by atoms with Gasteiger partial charge < -0.3 is 4.98 Å². The van der Waals surface area contributed by atoms with Gasteiger partial charge in [0.1, 0.15) is 0 Å². The van der Waals surface area contributed by atoms with E-state index in [1.807, 2.05) is 25.3 Å². The van der Waals surface area contributed by atoms with Crippen LogP contribution in [0.5, 0.6) is 0 Å². The Morgan fingerprint density at radius 2 is 1.68 bits per heavy atom. The van der Waals surface area contributed by atoms with E-state index in [-0.39, 0.29) is 5.69 Å². The summed E-state index contributed by atoms with van der Waals surface area (Å²) in [6.07, 6.45) is -2.62. The van der Waals surface area contributed by atoms with Gasteiger partial charge in [-0.05, 0) is 36.9 Å². The Balaban J connectivity index is 2.18. The predicted octanol–water partition coefficient (Wildman–Crippen LogP) is 6.45. The molecule has 130 valence electrons. The Bertz CT molecular complexity index is 902. The monoisotopic (exact) mass is 382 g/mol. The first-order valence-corrected chi connectivity index (χ1v) is 8.98. The zero-order valence-corrected chi connectivity index (χ0v) is 15.0. The molecule has 1 aromatic heterocycles. The lowest BCUT2D eigenvalue weighted by Crippen LogP contribution is -2.07. The van der Waals surface area contributed by atoms with Crippen molar-refractivity contribution in [1.82, 2.24) is 9.97 Å². The molecule has 3 rings (SSSR count). The third kappa shape index (κ3) is 3.70. The van der Waals surface area contributed by atoms with Crippen LogP contribution in [0.25, 0.3) is 22.5 Å². The minimum Gasteiger partial charge on any atom is -0.334 e. The summed E-state index contributed by atoms with van der Waals surface area (Å²) in [4.78, 5) is 7.25. The van der Waals surface area contributed by atoms with Gasteiger partial charge in [0.05, 0.1) is 11.4 Å². The molecule has 0 atom stereocenters. The third-order valence-corrected chi connectivity index (χ3v) is 4.95. The fourth-order valence-electron chi connectivity index (χ4n) is 2.42. The summed E-state index contributed by atoms with van der Waals surface area (Å²) < 4.78 is 39.5. The van der Waals surface area contributed by atoms with Crippen molar-refractivity contribution in [2.24, 2.45) is 0 Å². The van der Waals surface area contributed by atoms with Crippen LogP contribution in [-0.2, 0) is 6.18 Å². The van der Waals surface area contributed by atoms with Crippen molar-refractivity contribution in [3.05, 3.63) is 58.9 Å². The van der Waals surface area contributed by atoms with Gasteiger partial charge in [-0.15, -0.1) is 11.8 Å². The smallest absolute Gasteiger partial charge is 0.334 e. The van der Waals surface area contributed by atoms with Crippen LogP contribution < -0.4 is 0 Å². The molecule has 0 amide bonds. The summed E-state index contributed by atoms with van der Waals surface area (Å²) in [5.41, 5.74) is 2.56. The maximum Gasteiger partial charge on any atom is 0.449 e. The van der Waals surface area contributed by atoms with Gasteiger partial charge in [0.15, 0.2) is 0 Å². The summed E-state index contributed by atoms with van der Waals surface area (Å²) in [5, 5.41) is 0.484. The highest BCUT2D eigenvalue weighted by molar-refractivity contribution is 7.98. The molecule has 0 radical (unpaired) electrons. The lowest BCUT2D eigenvalue weighted by Gasteiger charge is -2.06. The molecule has 0 aliphatic rings. The standard InChI is InChI=1S/C18H14ClF3N2S/c1-10-3-4-12(9-14(10)19)16-15(23-17(24-16)18(20,21)22)11-5-7-13(25-2)8-6-11/h3-9H,1-2H3,(H,23,24). The molecule has 0 saturated heterocycles. The third-order valence-electron chi connectivity index (χ3n) is 3.80. The molecule has 0 fully saturated rings. The second-order valence-corrected chi connectivity index (χ2v) is 6.79. The number of aromatic amines is 1. The topological polar surface area (TPSA) is 28.7 Å². The molecular weight excluding hydrogens is 369 g/mol. The maximum absolute atomic E-state index is 13.2. The number of hydrogen-bond acceptors (Lipinski definition) is 2. The number of aromatic nitrogens is 2. The van der Waals surface area contributed by atoms with Crippen molar-refractivity contribution in [1.29, 1.82) is 0 Å². The van der Waals surface area contributed by atoms with Crippen LogP contribution in [0, 0.1) is 6.92 Å². The van der Waals surface area contributed by atoms with Gasteiger partial charge in [0.2, 0.25) is 5.82 Å². The van der Waals surface area contributed by atoms with Gasteiger partial charge in [-0.2, -0.15) is 13.2 Å². The highest BCUT2D eigenvalue weighted by atomic mass is 35.5. The van der Waals surface area contributed by atoms with Crippen LogP contribution in [0.4, 0.5) is 13.2 Å². The molecule has 3 aromatic rings. The van der Waals surface area contributed by atoms with Crippen molar-refractivity contribution < 1.29 is 13.2 Å². The van der Waals surface area contributed by atoms with Crippen LogP contribution in [0.2, 0.25) is 5.02 Å². The Morgan fingerprint density at radius 3 is 2.24 bits per heavy atom. The second-order valence-electron chi connectivity index (χ2n) is 5.50. The van der Waals surface area contributed by atoms with Gasteiger partial charge in [-0.1, -0.05) is 35.9 Å². The first kappa shape index (κ1) is 17.9. The normalized spacial score (nSPS) is 11.8. The van der Waals surface area contributed by atoms with Gasteiger partial charge in [-0.25, -0.2) is 4.98 Å². The molecule has 2 nitrogen and oxygen atoms in total. The van der Waals surface area contributed by atoms with E-state index in [1.54, 1.807) is 42.1 Å². The zero-order chi connectivity index (χ0) is 18.2. The lowest BCUT2D eigenvalue weighted by molar-refractivity contribution is -0.144. The molecule has 0 bridgehead atoms. The number of thioether (sulfide) groups is 1. The fourth-order valence-corrected chi connectivity index (χ4v) is 3.01. The van der Waals surface area contributed by atoms with Crippen molar-refractivity contribution in [2.75, 3.05) is 6.26 Å². The summed E-state index contributed by atoms with van der Waals surface area (Å²) in [5.74, 6) is -1.02. The molecular formula is C18H14ClF3N2S. The van der Waals surface area contributed by atoms with E-state index in [4.69, 9.17) is 11.6 Å². The number of nitrogens with zero attached hydrogens (tertiary/aromatic N) is 1. The summed E-state index contributed by atoms with van der Waals surface area (Å²) >= 11 is 7.70. The molecule has 7 heteroatoms. The van der Waals surface area contributed by atoms with E-state index in [1.165, 1.54) is 0 Å². The van der Waals surface area contributed by atoms with E-state index in [0.29, 0.717) is 21.8 Å². The lowest BCUT2D eigenvalue weighted by atomic mass is 10.0. The van der Waals surface area contributed by atoms with Crippen LogP contribution >= 0.6 is 23.4 Å². The number of H-pyrrole nitrogens is 1. The number of rotatable bonds is 3. The second kappa shape index (κ2) is 6.77. The fraction of sp³-hybridized carbons (Fsp3) is 0.167. The number of halogens is 4. The van der Waals surface area contributed by atoms with Crippen molar-refractivity contribution in [3.8, 4) is 22.5 Å². The largest absolute Gasteiger partial charge is 0.449 e. The van der Waals surface area contributed by atoms with E-state index >= 15 is 0 Å². The predicted molar refractivity (Wildman–Crippen MR) is 96.0 cm³/mol. The highest BCUT2D eigenvalue weighted by Gasteiger charge is 2.36. The van der Waals surface area contributed by atoms with Crippen molar-refractivity contribution >= 4 is 23.4 Å². The van der Waals surface area contributed by atoms with Gasteiger partial charge in [0.25, 0.3) is 0 Å². The first-order chi connectivity index (χ1) is 11.8. The van der Waals surface area contributed by atoms with Crippen LogP contribution in [0.1, 0.15) is 11.4 Å². The molecule has 0 unspecified atom stereocenters. The summed E-state index contributed by atoms with van der Waals surface area (Å²) in [6.45, 7) is 1.83. The highest BCUT2D eigenvalue weighted by Crippen LogP contribution is 2.37. The van der Waals surface area contributed by atoms with E-state index in [2.05, 4.69) is 9.97 Å². The Kier molecular flexibility index (Phi) is 4.84. The number of hydrogen-bond donors (Lipinski definition) is 1. The molecule has 2 aromatic carbocycles. The van der Waals surface area contributed by atoms with Crippen molar-refractivity contribution in [3.63, 3.8) is 0 Å². The number of benzene rings is 2. The number of nitrogens with one attached hydrogen (secondary N) is 1.